The summed E-state index contributed by atoms with van der Waals surface area (Å²) >= 11 is 3.64. The summed E-state index contributed by atoms with van der Waals surface area (Å²) in [6.07, 6.45) is 4.65. The molecule has 5 heteroatoms. The van der Waals surface area contributed by atoms with Crippen molar-refractivity contribution in [1.29, 1.82) is 0 Å². The van der Waals surface area contributed by atoms with Crippen molar-refractivity contribution in [3.8, 4) is 0 Å². The molecule has 0 aromatic rings. The Hall–Kier alpha value is 0.577. The maximum Gasteiger partial charge on any atom is 0.503 e. The van der Waals surface area contributed by atoms with E-state index in [4.69, 9.17) is 13.3 Å². The summed E-state index contributed by atoms with van der Waals surface area (Å²) in [6.45, 7) is 0. The smallest absolute Gasteiger partial charge is 0.377 e. The van der Waals surface area contributed by atoms with Crippen LogP contribution in [0.1, 0.15) is 25.7 Å². The highest BCUT2D eigenvalue weighted by atomic mass is 79.9. The third kappa shape index (κ3) is 2.58. The topological polar surface area (TPSA) is 27.7 Å². The van der Waals surface area contributed by atoms with Gasteiger partial charge in [0.05, 0.1) is 0 Å². The molecule has 0 N–H and O–H groups in total. The summed E-state index contributed by atoms with van der Waals surface area (Å²) in [5.74, 6) is 0. The summed E-state index contributed by atoms with van der Waals surface area (Å²) in [6, 6.07) is 0. The largest absolute Gasteiger partial charge is 0.503 e. The lowest BCUT2D eigenvalue weighted by Crippen LogP contribution is -2.48. The van der Waals surface area contributed by atoms with Crippen LogP contribution in [0, 0.1) is 0 Å². The fourth-order valence-corrected chi connectivity index (χ4v) is 5.23. The minimum absolute atomic E-state index is 0.469. The van der Waals surface area contributed by atoms with E-state index in [9.17, 15) is 0 Å². The third-order valence-corrected chi connectivity index (χ3v) is 7.21. The van der Waals surface area contributed by atoms with Crippen LogP contribution >= 0.6 is 15.9 Å². The van der Waals surface area contributed by atoms with Gasteiger partial charge in [-0.15, -0.1) is 0 Å². The van der Waals surface area contributed by atoms with Gasteiger partial charge in [-0.05, 0) is 25.7 Å². The van der Waals surface area contributed by atoms with E-state index in [1.807, 2.05) is 0 Å². The van der Waals surface area contributed by atoms with Crippen LogP contribution < -0.4 is 0 Å². The Morgan fingerprint density at radius 3 is 1.71 bits per heavy atom. The molecule has 0 aliphatic heterocycles. The Morgan fingerprint density at radius 1 is 0.929 bits per heavy atom. The lowest BCUT2D eigenvalue weighted by Gasteiger charge is -2.35. The molecule has 84 valence electrons. The van der Waals surface area contributed by atoms with E-state index in [0.29, 0.717) is 10.4 Å². The molecule has 0 aromatic carbocycles. The van der Waals surface area contributed by atoms with Gasteiger partial charge in [-0.25, -0.2) is 0 Å². The predicted octanol–water partition coefficient (Wildman–Crippen LogP) is 2.57. The molecule has 1 rings (SSSR count). The quantitative estimate of drug-likeness (QED) is 0.586. The van der Waals surface area contributed by atoms with Crippen molar-refractivity contribution >= 4 is 24.7 Å². The molecule has 0 unspecified atom stereocenters. The number of hydrogen-bond acceptors (Lipinski definition) is 3. The van der Waals surface area contributed by atoms with E-state index in [0.717, 1.165) is 12.8 Å². The summed E-state index contributed by atoms with van der Waals surface area (Å²) in [5.41, 5.74) is 0.469. The second-order valence-corrected chi connectivity index (χ2v) is 8.21. The van der Waals surface area contributed by atoms with Crippen LogP contribution in [0.3, 0.4) is 0 Å². The summed E-state index contributed by atoms with van der Waals surface area (Å²) in [4.78, 5) is 0.663. The molecule has 14 heavy (non-hydrogen) atoms. The van der Waals surface area contributed by atoms with Gasteiger partial charge >= 0.3 is 8.80 Å². The Morgan fingerprint density at radius 2 is 1.36 bits per heavy atom. The number of rotatable bonds is 4. The van der Waals surface area contributed by atoms with Gasteiger partial charge in [-0.1, -0.05) is 15.9 Å². The molecule has 0 saturated heterocycles. The number of hydrogen-bond donors (Lipinski definition) is 0. The first kappa shape index (κ1) is 12.6. The Bertz CT molecular complexity index is 159. The SMILES string of the molecule is CO[Si](OC)(OC)C1CCC(Br)CC1. The molecule has 1 saturated carbocycles. The lowest BCUT2D eigenvalue weighted by molar-refractivity contribution is 0.105. The average Bonchev–Trinajstić information content (AvgIpc) is 2.24. The second kappa shape index (κ2) is 5.60. The zero-order valence-corrected chi connectivity index (χ0v) is 11.7. The van der Waals surface area contributed by atoms with Crippen molar-refractivity contribution in [3.63, 3.8) is 0 Å². The van der Waals surface area contributed by atoms with Gasteiger partial charge in [0.2, 0.25) is 0 Å². The first-order valence-electron chi connectivity index (χ1n) is 4.98. The monoisotopic (exact) mass is 282 g/mol. The van der Waals surface area contributed by atoms with E-state index >= 15 is 0 Å². The van der Waals surface area contributed by atoms with Crippen molar-refractivity contribution in [3.05, 3.63) is 0 Å². The van der Waals surface area contributed by atoms with Crippen molar-refractivity contribution in [2.45, 2.75) is 36.1 Å². The summed E-state index contributed by atoms with van der Waals surface area (Å²) in [5, 5.41) is 0. The highest BCUT2D eigenvalue weighted by molar-refractivity contribution is 9.09. The summed E-state index contributed by atoms with van der Waals surface area (Å²) < 4.78 is 16.5. The van der Waals surface area contributed by atoms with Crippen molar-refractivity contribution in [2.24, 2.45) is 0 Å². The van der Waals surface area contributed by atoms with Gasteiger partial charge in [0.15, 0.2) is 0 Å². The van der Waals surface area contributed by atoms with Gasteiger partial charge in [-0.2, -0.15) is 0 Å². The van der Waals surface area contributed by atoms with Gasteiger partial charge in [-0.3, -0.25) is 0 Å². The molecule has 0 heterocycles. The van der Waals surface area contributed by atoms with Gasteiger partial charge in [0, 0.05) is 31.7 Å². The zero-order valence-electron chi connectivity index (χ0n) is 9.09. The molecule has 0 atom stereocenters. The van der Waals surface area contributed by atoms with Crippen LogP contribution in [0.25, 0.3) is 0 Å². The van der Waals surface area contributed by atoms with Gasteiger partial charge in [0.1, 0.15) is 0 Å². The van der Waals surface area contributed by atoms with Crippen LogP contribution in [0.5, 0.6) is 0 Å². The fourth-order valence-electron chi connectivity index (χ4n) is 2.16. The maximum atomic E-state index is 5.49. The highest BCUT2D eigenvalue weighted by Gasteiger charge is 2.47. The van der Waals surface area contributed by atoms with E-state index in [-0.39, 0.29) is 0 Å². The molecule has 0 amide bonds. The molecular formula is C9H19BrO3Si. The van der Waals surface area contributed by atoms with Gasteiger partial charge < -0.3 is 13.3 Å². The van der Waals surface area contributed by atoms with Crippen LogP contribution in [-0.4, -0.2) is 35.0 Å². The maximum absolute atomic E-state index is 5.49. The minimum Gasteiger partial charge on any atom is -0.377 e. The molecular weight excluding hydrogens is 264 g/mol. The fraction of sp³-hybridized carbons (Fsp3) is 1.00. The normalized spacial score (nSPS) is 29.1. The highest BCUT2D eigenvalue weighted by Crippen LogP contribution is 2.39. The Kier molecular flexibility index (Phi) is 5.06. The Balaban J connectivity index is 2.60. The number of halogens is 1. The number of alkyl halides is 1. The van der Waals surface area contributed by atoms with Crippen molar-refractivity contribution in [2.75, 3.05) is 21.3 Å². The van der Waals surface area contributed by atoms with E-state index in [1.54, 1.807) is 21.3 Å². The predicted molar refractivity (Wildman–Crippen MR) is 61.7 cm³/mol. The van der Waals surface area contributed by atoms with Crippen LogP contribution in [0.15, 0.2) is 0 Å². The van der Waals surface area contributed by atoms with Crippen LogP contribution in [-0.2, 0) is 13.3 Å². The molecule has 0 aromatic heterocycles. The molecule has 0 spiro atoms. The van der Waals surface area contributed by atoms with E-state index in [1.165, 1.54) is 12.8 Å². The standard InChI is InChI=1S/C9H19BrO3Si/c1-11-14(12-2,13-3)9-6-4-8(10)5-7-9/h8-9H,4-7H2,1-3H3. The zero-order chi connectivity index (χ0) is 10.6. The van der Waals surface area contributed by atoms with Crippen molar-refractivity contribution < 1.29 is 13.3 Å². The van der Waals surface area contributed by atoms with Crippen LogP contribution in [0.4, 0.5) is 0 Å². The first-order valence-corrected chi connectivity index (χ1v) is 7.69. The molecule has 0 bridgehead atoms. The molecule has 1 fully saturated rings. The van der Waals surface area contributed by atoms with E-state index in [2.05, 4.69) is 15.9 Å². The molecule has 3 nitrogen and oxygen atoms in total. The molecule has 1 aliphatic carbocycles. The average molecular weight is 283 g/mol. The second-order valence-electron chi connectivity index (χ2n) is 3.66. The lowest BCUT2D eigenvalue weighted by atomic mass is 10.00. The molecule has 0 radical (unpaired) electrons. The minimum atomic E-state index is -2.37. The Labute approximate surface area is 95.6 Å². The first-order chi connectivity index (χ1) is 6.68. The van der Waals surface area contributed by atoms with Crippen LogP contribution in [0.2, 0.25) is 5.54 Å². The van der Waals surface area contributed by atoms with Gasteiger partial charge in [0.25, 0.3) is 0 Å². The van der Waals surface area contributed by atoms with E-state index < -0.39 is 8.80 Å². The summed E-state index contributed by atoms with van der Waals surface area (Å²) in [7, 11) is 2.71. The molecule has 1 aliphatic rings. The third-order valence-electron chi connectivity index (χ3n) is 3.01. The van der Waals surface area contributed by atoms with Crippen molar-refractivity contribution in [1.82, 2.24) is 0 Å².